The van der Waals surface area contributed by atoms with Crippen LogP contribution < -0.4 is 5.32 Å². The predicted molar refractivity (Wildman–Crippen MR) is 96.0 cm³/mol. The summed E-state index contributed by atoms with van der Waals surface area (Å²) < 4.78 is 5.06. The van der Waals surface area contributed by atoms with Gasteiger partial charge in [-0.3, -0.25) is 14.4 Å². The van der Waals surface area contributed by atoms with E-state index >= 15 is 0 Å². The Balaban J connectivity index is 1.97. The van der Waals surface area contributed by atoms with Crippen molar-refractivity contribution >= 4 is 17.8 Å². The van der Waals surface area contributed by atoms with Crippen LogP contribution in [0.1, 0.15) is 34.3 Å². The van der Waals surface area contributed by atoms with Crippen LogP contribution in [-0.4, -0.2) is 61.1 Å². The normalized spacial score (nSPS) is 19.9. The fourth-order valence-electron chi connectivity index (χ4n) is 3.23. The van der Waals surface area contributed by atoms with Gasteiger partial charge in [0.2, 0.25) is 5.91 Å². The second-order valence-electron chi connectivity index (χ2n) is 6.92. The average molecular weight is 362 g/mol. The van der Waals surface area contributed by atoms with Gasteiger partial charge in [-0.25, -0.2) is 0 Å². The number of nitrogens with one attached hydrogen (secondary N) is 1. The second kappa shape index (κ2) is 8.31. The van der Waals surface area contributed by atoms with E-state index in [0.717, 1.165) is 11.1 Å². The predicted octanol–water partition coefficient (Wildman–Crippen LogP) is 1.37. The zero-order chi connectivity index (χ0) is 19.3. The minimum absolute atomic E-state index is 0.0567. The van der Waals surface area contributed by atoms with Gasteiger partial charge in [-0.15, -0.1) is 0 Å². The molecule has 1 saturated heterocycles. The van der Waals surface area contributed by atoms with E-state index in [-0.39, 0.29) is 31.5 Å². The number of aliphatic carboxylic acids is 1. The number of amides is 2. The van der Waals surface area contributed by atoms with Gasteiger partial charge in [0, 0.05) is 25.8 Å². The highest BCUT2D eigenvalue weighted by molar-refractivity contribution is 5.96. The van der Waals surface area contributed by atoms with E-state index in [0.29, 0.717) is 24.9 Å². The highest BCUT2D eigenvalue weighted by Crippen LogP contribution is 2.30. The van der Waals surface area contributed by atoms with Gasteiger partial charge in [-0.2, -0.15) is 0 Å². The van der Waals surface area contributed by atoms with Gasteiger partial charge in [0.05, 0.1) is 13.2 Å². The molecule has 1 unspecified atom stereocenters. The lowest BCUT2D eigenvalue weighted by atomic mass is 9.80. The summed E-state index contributed by atoms with van der Waals surface area (Å²) in [6.07, 6.45) is 1.06. The highest BCUT2D eigenvalue weighted by Gasteiger charge is 2.43. The number of benzene rings is 1. The van der Waals surface area contributed by atoms with Crippen LogP contribution in [0.25, 0.3) is 0 Å². The summed E-state index contributed by atoms with van der Waals surface area (Å²) in [4.78, 5) is 37.8. The lowest BCUT2D eigenvalue weighted by Crippen LogP contribution is -2.53. The third-order valence-corrected chi connectivity index (χ3v) is 4.97. The van der Waals surface area contributed by atoms with Crippen molar-refractivity contribution in [3.8, 4) is 0 Å². The molecule has 1 atom stereocenters. The Labute approximate surface area is 153 Å². The Kier molecular flexibility index (Phi) is 6.37. The van der Waals surface area contributed by atoms with Crippen LogP contribution in [0.4, 0.5) is 0 Å². The van der Waals surface area contributed by atoms with Gasteiger partial charge in [0.15, 0.2) is 0 Å². The summed E-state index contributed by atoms with van der Waals surface area (Å²) in [6, 6.07) is 5.36. The van der Waals surface area contributed by atoms with Crippen LogP contribution in [0.5, 0.6) is 0 Å². The van der Waals surface area contributed by atoms with Crippen molar-refractivity contribution in [3.05, 3.63) is 34.9 Å². The SMILES string of the molecule is COCC1(C(=O)O)CCCN(C(=O)CNC(=O)c2ccc(C)c(C)c2)C1. The molecule has 7 heteroatoms. The van der Waals surface area contributed by atoms with Gasteiger partial charge in [0.1, 0.15) is 5.41 Å². The number of nitrogens with zero attached hydrogens (tertiary/aromatic N) is 1. The van der Waals surface area contributed by atoms with E-state index in [2.05, 4.69) is 5.32 Å². The van der Waals surface area contributed by atoms with E-state index in [1.54, 1.807) is 12.1 Å². The smallest absolute Gasteiger partial charge is 0.313 e. The van der Waals surface area contributed by atoms with E-state index in [1.807, 2.05) is 19.9 Å². The number of carboxylic acid groups (broad SMARTS) is 1. The zero-order valence-electron chi connectivity index (χ0n) is 15.5. The van der Waals surface area contributed by atoms with Crippen LogP contribution in [0.3, 0.4) is 0 Å². The minimum Gasteiger partial charge on any atom is -0.481 e. The molecule has 0 radical (unpaired) electrons. The number of likely N-dealkylation sites (tertiary alicyclic amines) is 1. The van der Waals surface area contributed by atoms with Crippen LogP contribution in [0, 0.1) is 19.3 Å². The molecule has 1 aromatic carbocycles. The monoisotopic (exact) mass is 362 g/mol. The summed E-state index contributed by atoms with van der Waals surface area (Å²) in [5.74, 6) is -1.57. The molecule has 0 aliphatic carbocycles. The molecular weight excluding hydrogens is 336 g/mol. The van der Waals surface area contributed by atoms with Gasteiger partial charge < -0.3 is 20.1 Å². The first-order valence-corrected chi connectivity index (χ1v) is 8.64. The molecule has 0 aromatic heterocycles. The molecule has 0 spiro atoms. The molecule has 2 rings (SSSR count). The number of carbonyl (C=O) groups is 3. The summed E-state index contributed by atoms with van der Waals surface area (Å²) >= 11 is 0. The number of hydrogen-bond acceptors (Lipinski definition) is 4. The third-order valence-electron chi connectivity index (χ3n) is 4.97. The second-order valence-corrected chi connectivity index (χ2v) is 6.92. The van der Waals surface area contributed by atoms with Crippen LogP contribution in [0.2, 0.25) is 0 Å². The minimum atomic E-state index is -1.08. The highest BCUT2D eigenvalue weighted by atomic mass is 16.5. The Morgan fingerprint density at radius 3 is 2.62 bits per heavy atom. The number of carbonyl (C=O) groups excluding carboxylic acids is 2. The van der Waals surface area contributed by atoms with Crippen molar-refractivity contribution in [1.82, 2.24) is 10.2 Å². The fourth-order valence-corrected chi connectivity index (χ4v) is 3.23. The summed E-state index contributed by atoms with van der Waals surface area (Å²) in [7, 11) is 1.45. The van der Waals surface area contributed by atoms with Crippen molar-refractivity contribution in [2.24, 2.45) is 5.41 Å². The lowest BCUT2D eigenvalue weighted by Gasteiger charge is -2.39. The van der Waals surface area contributed by atoms with Gasteiger partial charge in [-0.1, -0.05) is 6.07 Å². The number of piperidine rings is 1. The first-order chi connectivity index (χ1) is 12.3. The summed E-state index contributed by atoms with van der Waals surface area (Å²) in [6.45, 7) is 4.36. The van der Waals surface area contributed by atoms with Crippen LogP contribution >= 0.6 is 0 Å². The summed E-state index contributed by atoms with van der Waals surface area (Å²) in [5.41, 5.74) is 1.51. The van der Waals surface area contributed by atoms with E-state index < -0.39 is 11.4 Å². The van der Waals surface area contributed by atoms with Gasteiger partial charge in [0.25, 0.3) is 5.91 Å². The largest absolute Gasteiger partial charge is 0.481 e. The molecule has 1 aliphatic rings. The quantitative estimate of drug-likeness (QED) is 0.797. The topological polar surface area (TPSA) is 95.9 Å². The maximum atomic E-state index is 12.4. The van der Waals surface area contributed by atoms with Crippen molar-refractivity contribution in [1.29, 1.82) is 0 Å². The van der Waals surface area contributed by atoms with E-state index in [9.17, 15) is 19.5 Å². The molecule has 7 nitrogen and oxygen atoms in total. The standard InChI is InChI=1S/C19H26N2O5/c1-13-5-6-15(9-14(13)2)17(23)20-10-16(22)21-8-4-7-19(11-21,12-26-3)18(24)25/h5-6,9H,4,7-8,10-12H2,1-3H3,(H,20,23)(H,24,25). The van der Waals surface area contributed by atoms with Gasteiger partial charge >= 0.3 is 5.97 Å². The molecule has 0 bridgehead atoms. The number of rotatable bonds is 6. The van der Waals surface area contributed by atoms with Crippen molar-refractivity contribution in [2.75, 3.05) is 33.4 Å². The molecule has 1 aromatic rings. The molecule has 1 fully saturated rings. The lowest BCUT2D eigenvalue weighted by molar-refractivity contribution is -0.158. The number of ether oxygens (including phenoxy) is 1. The van der Waals surface area contributed by atoms with Crippen molar-refractivity contribution in [3.63, 3.8) is 0 Å². The number of carboxylic acids is 1. The molecule has 2 N–H and O–H groups in total. The average Bonchev–Trinajstić information content (AvgIpc) is 2.62. The molecule has 0 saturated carbocycles. The first-order valence-electron chi connectivity index (χ1n) is 8.64. The number of hydrogen-bond donors (Lipinski definition) is 2. The Hall–Kier alpha value is -2.41. The van der Waals surface area contributed by atoms with Gasteiger partial charge in [-0.05, 0) is 49.9 Å². The molecule has 1 aliphatic heterocycles. The molecule has 26 heavy (non-hydrogen) atoms. The fraction of sp³-hybridized carbons (Fsp3) is 0.526. The van der Waals surface area contributed by atoms with Crippen LogP contribution in [-0.2, 0) is 14.3 Å². The zero-order valence-corrected chi connectivity index (χ0v) is 15.5. The van der Waals surface area contributed by atoms with Crippen molar-refractivity contribution in [2.45, 2.75) is 26.7 Å². The first kappa shape index (κ1) is 19.9. The molecule has 2 amide bonds. The number of methoxy groups -OCH3 is 1. The summed E-state index contributed by atoms with van der Waals surface area (Å²) in [5, 5.41) is 12.2. The molecular formula is C19H26N2O5. The third kappa shape index (κ3) is 4.40. The van der Waals surface area contributed by atoms with Crippen LogP contribution in [0.15, 0.2) is 18.2 Å². The Morgan fingerprint density at radius 1 is 1.27 bits per heavy atom. The van der Waals surface area contributed by atoms with E-state index in [1.165, 1.54) is 12.0 Å². The maximum Gasteiger partial charge on any atom is 0.313 e. The van der Waals surface area contributed by atoms with Crippen molar-refractivity contribution < 1.29 is 24.2 Å². The van der Waals surface area contributed by atoms with E-state index in [4.69, 9.17) is 4.74 Å². The Morgan fingerprint density at radius 2 is 2.00 bits per heavy atom. The molecule has 1 heterocycles. The Bertz CT molecular complexity index is 699. The maximum absolute atomic E-state index is 12.4. The number of aryl methyl sites for hydroxylation is 2. The molecule has 142 valence electrons.